The number of hydrogen-bond acceptors (Lipinski definition) is 3. The van der Waals surface area contributed by atoms with E-state index in [4.69, 9.17) is 0 Å². The molecule has 1 unspecified atom stereocenters. The van der Waals surface area contributed by atoms with Crippen LogP contribution in [0.4, 0.5) is 5.69 Å². The van der Waals surface area contributed by atoms with E-state index in [0.29, 0.717) is 18.7 Å². The number of carbonyl (C=O) groups is 2. The second-order valence-electron chi connectivity index (χ2n) is 6.43. The van der Waals surface area contributed by atoms with Gasteiger partial charge in [0, 0.05) is 25.8 Å². The highest BCUT2D eigenvalue weighted by Gasteiger charge is 2.30. The Balaban J connectivity index is 1.68. The van der Waals surface area contributed by atoms with Crippen molar-refractivity contribution in [3.05, 3.63) is 47.8 Å². The van der Waals surface area contributed by atoms with Crippen LogP contribution in [0.3, 0.4) is 0 Å². The maximum atomic E-state index is 12.9. The standard InChI is InChI=1S/C19H24N4O2/c1-3-17-16(12-20-22(17)2)19(25)23-11-7-8-14(13-23)18(24)21-15-9-5-4-6-10-15/h4-6,9-10,12,14H,3,7-8,11,13H2,1-2H3,(H,21,24). The zero-order valence-electron chi connectivity index (χ0n) is 14.7. The SMILES string of the molecule is CCc1c(C(=O)N2CCCC(C(=O)Nc3ccccc3)C2)cnn1C. The number of piperidine rings is 1. The van der Waals surface area contributed by atoms with E-state index >= 15 is 0 Å². The van der Waals surface area contributed by atoms with Crippen LogP contribution in [-0.2, 0) is 18.3 Å². The number of amides is 2. The van der Waals surface area contributed by atoms with Gasteiger partial charge in [-0.25, -0.2) is 0 Å². The van der Waals surface area contributed by atoms with Gasteiger partial charge in [-0.2, -0.15) is 5.10 Å². The fourth-order valence-electron chi connectivity index (χ4n) is 3.37. The monoisotopic (exact) mass is 340 g/mol. The Bertz CT molecular complexity index is 754. The van der Waals surface area contributed by atoms with Gasteiger partial charge in [-0.1, -0.05) is 25.1 Å². The lowest BCUT2D eigenvalue weighted by Crippen LogP contribution is -2.44. The molecule has 2 aromatic rings. The lowest BCUT2D eigenvalue weighted by Gasteiger charge is -2.32. The summed E-state index contributed by atoms with van der Waals surface area (Å²) in [4.78, 5) is 27.2. The Morgan fingerprint density at radius 1 is 1.28 bits per heavy atom. The molecule has 2 heterocycles. The van der Waals surface area contributed by atoms with Crippen molar-refractivity contribution < 1.29 is 9.59 Å². The van der Waals surface area contributed by atoms with Crippen LogP contribution < -0.4 is 5.32 Å². The van der Waals surface area contributed by atoms with Gasteiger partial charge < -0.3 is 10.2 Å². The number of likely N-dealkylation sites (tertiary alicyclic amines) is 1. The predicted molar refractivity (Wildman–Crippen MR) is 96.3 cm³/mol. The zero-order valence-corrected chi connectivity index (χ0v) is 14.7. The number of anilines is 1. The molecule has 1 aliphatic heterocycles. The molecule has 1 saturated heterocycles. The molecule has 3 rings (SSSR count). The Hall–Kier alpha value is -2.63. The number of para-hydroxylation sites is 1. The van der Waals surface area contributed by atoms with Crippen molar-refractivity contribution >= 4 is 17.5 Å². The van der Waals surface area contributed by atoms with E-state index in [1.54, 1.807) is 15.8 Å². The molecule has 2 amide bonds. The van der Waals surface area contributed by atoms with Crippen molar-refractivity contribution in [3.8, 4) is 0 Å². The molecular weight excluding hydrogens is 316 g/mol. The second-order valence-corrected chi connectivity index (χ2v) is 6.43. The van der Waals surface area contributed by atoms with Gasteiger partial charge in [0.1, 0.15) is 0 Å². The van der Waals surface area contributed by atoms with Gasteiger partial charge in [-0.3, -0.25) is 14.3 Å². The van der Waals surface area contributed by atoms with Gasteiger partial charge in [0.05, 0.1) is 23.4 Å². The normalized spacial score (nSPS) is 17.4. The molecule has 25 heavy (non-hydrogen) atoms. The predicted octanol–water partition coefficient (Wildman–Crippen LogP) is 2.47. The third-order valence-electron chi connectivity index (χ3n) is 4.75. The summed E-state index contributed by atoms with van der Waals surface area (Å²) in [5.41, 5.74) is 2.37. The summed E-state index contributed by atoms with van der Waals surface area (Å²) in [6.45, 7) is 3.15. The van der Waals surface area contributed by atoms with Crippen molar-refractivity contribution in [2.24, 2.45) is 13.0 Å². The summed E-state index contributed by atoms with van der Waals surface area (Å²) in [7, 11) is 1.85. The van der Waals surface area contributed by atoms with Crippen molar-refractivity contribution in [1.29, 1.82) is 0 Å². The second kappa shape index (κ2) is 7.51. The molecule has 0 radical (unpaired) electrons. The van der Waals surface area contributed by atoms with Gasteiger partial charge in [0.2, 0.25) is 5.91 Å². The largest absolute Gasteiger partial charge is 0.338 e. The molecule has 6 nitrogen and oxygen atoms in total. The molecule has 0 saturated carbocycles. The Morgan fingerprint density at radius 2 is 2.04 bits per heavy atom. The van der Waals surface area contributed by atoms with Gasteiger partial charge in [-0.05, 0) is 31.4 Å². The zero-order chi connectivity index (χ0) is 17.8. The summed E-state index contributed by atoms with van der Waals surface area (Å²) >= 11 is 0. The van der Waals surface area contributed by atoms with E-state index in [0.717, 1.165) is 30.6 Å². The number of rotatable bonds is 4. The number of aromatic nitrogens is 2. The number of nitrogens with one attached hydrogen (secondary N) is 1. The number of nitrogens with zero attached hydrogens (tertiary/aromatic N) is 3. The van der Waals surface area contributed by atoms with Crippen molar-refractivity contribution in [2.75, 3.05) is 18.4 Å². The van der Waals surface area contributed by atoms with Crippen molar-refractivity contribution in [2.45, 2.75) is 26.2 Å². The number of benzene rings is 1. The Kier molecular flexibility index (Phi) is 5.16. The average molecular weight is 340 g/mol. The summed E-state index contributed by atoms with van der Waals surface area (Å²) in [5.74, 6) is -0.229. The third-order valence-corrected chi connectivity index (χ3v) is 4.75. The molecule has 1 aromatic carbocycles. The van der Waals surface area contributed by atoms with E-state index < -0.39 is 0 Å². The van der Waals surface area contributed by atoms with Gasteiger partial charge in [-0.15, -0.1) is 0 Å². The molecule has 0 spiro atoms. The summed E-state index contributed by atoms with van der Waals surface area (Å²) in [5, 5.41) is 7.15. The highest BCUT2D eigenvalue weighted by molar-refractivity contribution is 5.97. The first kappa shape index (κ1) is 17.2. The first-order chi connectivity index (χ1) is 12.1. The van der Waals surface area contributed by atoms with E-state index in [9.17, 15) is 9.59 Å². The maximum absolute atomic E-state index is 12.9. The first-order valence-corrected chi connectivity index (χ1v) is 8.76. The van der Waals surface area contributed by atoms with Gasteiger partial charge >= 0.3 is 0 Å². The minimum atomic E-state index is -0.181. The van der Waals surface area contributed by atoms with E-state index in [2.05, 4.69) is 10.4 Å². The maximum Gasteiger partial charge on any atom is 0.257 e. The first-order valence-electron chi connectivity index (χ1n) is 8.76. The Labute approximate surface area is 147 Å². The topological polar surface area (TPSA) is 67.2 Å². The van der Waals surface area contributed by atoms with Gasteiger partial charge in [0.15, 0.2) is 0 Å². The van der Waals surface area contributed by atoms with Crippen LogP contribution in [0.2, 0.25) is 0 Å². The molecule has 1 atom stereocenters. The Morgan fingerprint density at radius 3 is 2.76 bits per heavy atom. The van der Waals surface area contributed by atoms with E-state index in [1.165, 1.54) is 0 Å². The minimum Gasteiger partial charge on any atom is -0.338 e. The van der Waals surface area contributed by atoms with Crippen LogP contribution in [0.15, 0.2) is 36.5 Å². The minimum absolute atomic E-state index is 0.0226. The number of hydrogen-bond donors (Lipinski definition) is 1. The summed E-state index contributed by atoms with van der Waals surface area (Å²) in [6, 6.07) is 9.43. The van der Waals surface area contributed by atoms with Crippen LogP contribution in [0.5, 0.6) is 0 Å². The molecule has 1 aliphatic rings. The molecule has 6 heteroatoms. The van der Waals surface area contributed by atoms with Gasteiger partial charge in [0.25, 0.3) is 5.91 Å². The van der Waals surface area contributed by atoms with E-state index in [-0.39, 0.29) is 17.7 Å². The summed E-state index contributed by atoms with van der Waals surface area (Å²) < 4.78 is 1.75. The van der Waals surface area contributed by atoms with Crippen LogP contribution in [0.25, 0.3) is 0 Å². The number of carbonyl (C=O) groups excluding carboxylic acids is 2. The number of aryl methyl sites for hydroxylation is 1. The van der Waals surface area contributed by atoms with Crippen LogP contribution in [0.1, 0.15) is 35.8 Å². The molecule has 0 aliphatic carbocycles. The fourth-order valence-corrected chi connectivity index (χ4v) is 3.37. The molecule has 1 N–H and O–H groups in total. The van der Waals surface area contributed by atoms with Crippen LogP contribution in [-0.4, -0.2) is 39.6 Å². The fraction of sp³-hybridized carbons (Fsp3) is 0.421. The summed E-state index contributed by atoms with van der Waals surface area (Å²) in [6.07, 6.45) is 4.02. The smallest absolute Gasteiger partial charge is 0.257 e. The molecular formula is C19H24N4O2. The molecule has 0 bridgehead atoms. The van der Waals surface area contributed by atoms with Crippen molar-refractivity contribution in [3.63, 3.8) is 0 Å². The van der Waals surface area contributed by atoms with Crippen molar-refractivity contribution in [1.82, 2.24) is 14.7 Å². The third kappa shape index (κ3) is 3.73. The molecule has 132 valence electrons. The van der Waals surface area contributed by atoms with Crippen LogP contribution >= 0.6 is 0 Å². The van der Waals surface area contributed by atoms with Crippen LogP contribution in [0, 0.1) is 5.92 Å². The average Bonchev–Trinajstić information content (AvgIpc) is 3.02. The van der Waals surface area contributed by atoms with E-state index in [1.807, 2.05) is 44.3 Å². The highest BCUT2D eigenvalue weighted by Crippen LogP contribution is 2.21. The highest BCUT2D eigenvalue weighted by atomic mass is 16.2. The molecule has 1 fully saturated rings. The quantitative estimate of drug-likeness (QED) is 0.930. The lowest BCUT2D eigenvalue weighted by molar-refractivity contribution is -0.121. The lowest BCUT2D eigenvalue weighted by atomic mass is 9.96. The molecule has 1 aromatic heterocycles.